The molecule has 6 heterocycles. The van der Waals surface area contributed by atoms with Crippen LogP contribution in [0.4, 0.5) is 17.6 Å². The highest BCUT2D eigenvalue weighted by atomic mass is 19.1. The van der Waals surface area contributed by atoms with Gasteiger partial charge >= 0.3 is 11.9 Å². The van der Waals surface area contributed by atoms with E-state index in [2.05, 4.69) is 39.9 Å². The second-order valence-electron chi connectivity index (χ2n) is 16.3. The monoisotopic (exact) mass is 796 g/mol. The number of aliphatic carboxylic acids is 2. The van der Waals surface area contributed by atoms with E-state index < -0.39 is 47.0 Å². The molecule has 0 saturated heterocycles. The third-order valence-electron chi connectivity index (χ3n) is 13.3. The van der Waals surface area contributed by atoms with Crippen LogP contribution in [0.1, 0.15) is 63.0 Å². The normalized spacial score (nSPS) is 26.1. The Bertz CT molecular complexity index is 2360. The standard InChI is InChI=1S/2C21H20F2N4O2/c2*22-12-5-14-15(8-26-20(14)25-7-12)19-16(23)9-24-17(27-19)6-13-10-1-3-11(4-2-10)18(13)21(28)29/h2*5,7-11,13,18H,1-4,6H2,(H,25,26)(H,28,29)/t2*10?,11?,13-,18-/m10/s1. The fraction of sp³-hybridized carbons (Fsp3) is 0.429. The highest BCUT2D eigenvalue weighted by Crippen LogP contribution is 2.51. The van der Waals surface area contributed by atoms with E-state index in [9.17, 15) is 37.4 Å². The molecule has 16 heteroatoms. The van der Waals surface area contributed by atoms with E-state index in [1.807, 2.05) is 0 Å². The molecule has 6 fully saturated rings. The van der Waals surface area contributed by atoms with Crippen LogP contribution in [0.25, 0.3) is 44.6 Å². The fourth-order valence-corrected chi connectivity index (χ4v) is 10.7. The Balaban J connectivity index is 0.000000150. The van der Waals surface area contributed by atoms with E-state index in [1.165, 1.54) is 12.1 Å². The van der Waals surface area contributed by atoms with E-state index in [0.29, 0.717) is 69.5 Å². The van der Waals surface area contributed by atoms with Gasteiger partial charge in [-0.05, 0) is 99.0 Å². The summed E-state index contributed by atoms with van der Waals surface area (Å²) < 4.78 is 56.4. The number of halogens is 4. The summed E-state index contributed by atoms with van der Waals surface area (Å²) in [6, 6.07) is 2.58. The number of nitrogens with zero attached hydrogens (tertiary/aromatic N) is 6. The number of carboxylic acids is 2. The maximum Gasteiger partial charge on any atom is 0.307 e. The van der Waals surface area contributed by atoms with Gasteiger partial charge in [0.25, 0.3) is 0 Å². The molecule has 0 unspecified atom stereocenters. The van der Waals surface area contributed by atoms with Crippen LogP contribution in [-0.2, 0) is 22.4 Å². The average Bonchev–Trinajstić information content (AvgIpc) is 3.84. The Labute approximate surface area is 329 Å². The number of fused-ring (bicyclic) bond motifs is 8. The molecule has 4 bridgehead atoms. The number of aromatic amines is 2. The van der Waals surface area contributed by atoms with E-state index in [0.717, 1.165) is 76.2 Å². The molecule has 0 aliphatic heterocycles. The molecule has 0 spiro atoms. The zero-order valence-corrected chi connectivity index (χ0v) is 31.2. The van der Waals surface area contributed by atoms with Crippen LogP contribution in [0.15, 0.2) is 49.3 Å². The molecule has 4 atom stereocenters. The molecule has 6 aromatic rings. The summed E-state index contributed by atoms with van der Waals surface area (Å²) in [7, 11) is 0. The molecule has 6 aliphatic rings. The maximum absolute atomic E-state index is 14.5. The largest absolute Gasteiger partial charge is 0.481 e. The van der Waals surface area contributed by atoms with E-state index in [-0.39, 0.29) is 35.1 Å². The smallest absolute Gasteiger partial charge is 0.307 e. The Morgan fingerprint density at radius 3 is 1.33 bits per heavy atom. The number of nitrogens with one attached hydrogen (secondary N) is 2. The number of H-pyrrole nitrogens is 2. The first-order valence-corrected chi connectivity index (χ1v) is 19.8. The van der Waals surface area contributed by atoms with Gasteiger partial charge in [-0.15, -0.1) is 0 Å². The second-order valence-corrected chi connectivity index (χ2v) is 16.3. The van der Waals surface area contributed by atoms with Gasteiger partial charge in [0.1, 0.15) is 46.0 Å². The van der Waals surface area contributed by atoms with Crippen LogP contribution in [0.2, 0.25) is 0 Å². The van der Waals surface area contributed by atoms with Gasteiger partial charge in [0.05, 0.1) is 36.6 Å². The summed E-state index contributed by atoms with van der Waals surface area (Å²) in [6.07, 6.45) is 16.3. The van der Waals surface area contributed by atoms with Crippen molar-refractivity contribution in [2.45, 2.75) is 64.2 Å². The number of hydrogen-bond donors (Lipinski definition) is 4. The number of carbonyl (C=O) groups is 2. The molecule has 0 aromatic carbocycles. The number of pyridine rings is 2. The van der Waals surface area contributed by atoms with Crippen molar-refractivity contribution >= 4 is 34.0 Å². The van der Waals surface area contributed by atoms with Crippen LogP contribution in [-0.4, -0.2) is 62.0 Å². The Kier molecular flexibility index (Phi) is 9.88. The van der Waals surface area contributed by atoms with Gasteiger partial charge in [-0.1, -0.05) is 0 Å². The maximum atomic E-state index is 14.5. The van der Waals surface area contributed by atoms with Gasteiger partial charge in [-0.2, -0.15) is 0 Å². The summed E-state index contributed by atoms with van der Waals surface area (Å²) >= 11 is 0. The number of carboxylic acid groups (broad SMARTS) is 2. The molecule has 6 aliphatic carbocycles. The lowest BCUT2D eigenvalue weighted by molar-refractivity contribution is -0.153. The fourth-order valence-electron chi connectivity index (χ4n) is 10.7. The zero-order valence-electron chi connectivity index (χ0n) is 31.2. The van der Waals surface area contributed by atoms with Crippen molar-refractivity contribution in [3.63, 3.8) is 0 Å². The van der Waals surface area contributed by atoms with Gasteiger partial charge in [-0.25, -0.2) is 47.5 Å². The minimum absolute atomic E-state index is 0.0413. The molecule has 58 heavy (non-hydrogen) atoms. The molecule has 0 amide bonds. The SMILES string of the molecule is O=C(O)[C@@H]1C2CCC(CC2)[C@H]1Cc1ncc(F)c(-c2c[nH]c3ncc(F)cc23)n1.O=C(O)[C@H]1C2CCC(CC2)[C@@H]1Cc1ncc(F)c(-c2c[nH]c3ncc(F)cc23)n1. The van der Waals surface area contributed by atoms with Crippen LogP contribution >= 0.6 is 0 Å². The first-order chi connectivity index (χ1) is 28.0. The van der Waals surface area contributed by atoms with Gasteiger partial charge in [0, 0.05) is 47.1 Å². The lowest BCUT2D eigenvalue weighted by Crippen LogP contribution is -2.45. The highest BCUT2D eigenvalue weighted by molar-refractivity contribution is 5.93. The van der Waals surface area contributed by atoms with Gasteiger partial charge < -0.3 is 20.2 Å². The van der Waals surface area contributed by atoms with Crippen molar-refractivity contribution in [1.29, 1.82) is 0 Å². The van der Waals surface area contributed by atoms with Crippen molar-refractivity contribution in [3.8, 4) is 22.5 Å². The van der Waals surface area contributed by atoms with Gasteiger partial charge in [0.15, 0.2) is 11.6 Å². The van der Waals surface area contributed by atoms with Crippen molar-refractivity contribution in [3.05, 3.63) is 84.2 Å². The summed E-state index contributed by atoms with van der Waals surface area (Å²) in [5, 5.41) is 20.4. The third kappa shape index (κ3) is 6.95. The average molecular weight is 797 g/mol. The molecular formula is C42H40F4N8O4. The second kappa shape index (κ2) is 15.2. The topological polar surface area (TPSA) is 184 Å². The van der Waals surface area contributed by atoms with Gasteiger partial charge in [-0.3, -0.25) is 9.59 Å². The summed E-state index contributed by atoms with van der Waals surface area (Å²) in [5.41, 5.74) is 1.84. The molecule has 6 saturated carbocycles. The first kappa shape index (κ1) is 37.8. The summed E-state index contributed by atoms with van der Waals surface area (Å²) in [4.78, 5) is 54.6. The summed E-state index contributed by atoms with van der Waals surface area (Å²) in [6.45, 7) is 0. The summed E-state index contributed by atoms with van der Waals surface area (Å²) in [5.74, 6) is -2.74. The minimum Gasteiger partial charge on any atom is -0.481 e. The highest BCUT2D eigenvalue weighted by Gasteiger charge is 2.48. The molecular weight excluding hydrogens is 757 g/mol. The number of rotatable bonds is 8. The lowest BCUT2D eigenvalue weighted by Gasteiger charge is -2.46. The third-order valence-corrected chi connectivity index (χ3v) is 13.3. The van der Waals surface area contributed by atoms with Crippen molar-refractivity contribution in [1.82, 2.24) is 39.9 Å². The Morgan fingerprint density at radius 2 is 0.948 bits per heavy atom. The predicted molar refractivity (Wildman–Crippen MR) is 202 cm³/mol. The Morgan fingerprint density at radius 1 is 0.569 bits per heavy atom. The number of hydrogen-bond acceptors (Lipinski definition) is 8. The van der Waals surface area contributed by atoms with Crippen molar-refractivity contribution < 1.29 is 37.4 Å². The van der Waals surface area contributed by atoms with E-state index >= 15 is 0 Å². The van der Waals surface area contributed by atoms with Crippen LogP contribution < -0.4 is 0 Å². The quantitative estimate of drug-likeness (QED) is 0.110. The minimum atomic E-state index is -0.759. The zero-order chi connectivity index (χ0) is 40.2. The predicted octanol–water partition coefficient (Wildman–Crippen LogP) is 7.96. The lowest BCUT2D eigenvalue weighted by atomic mass is 9.57. The van der Waals surface area contributed by atoms with E-state index in [1.54, 1.807) is 12.4 Å². The molecule has 6 aromatic heterocycles. The van der Waals surface area contributed by atoms with Gasteiger partial charge in [0.2, 0.25) is 0 Å². The Hall–Kier alpha value is -5.80. The van der Waals surface area contributed by atoms with Crippen LogP contribution in [0.3, 0.4) is 0 Å². The first-order valence-electron chi connectivity index (χ1n) is 19.8. The van der Waals surface area contributed by atoms with E-state index in [4.69, 9.17) is 0 Å². The number of aromatic nitrogens is 8. The molecule has 300 valence electrons. The molecule has 0 radical (unpaired) electrons. The van der Waals surface area contributed by atoms with Crippen molar-refractivity contribution in [2.75, 3.05) is 0 Å². The van der Waals surface area contributed by atoms with Crippen LogP contribution in [0, 0.1) is 70.6 Å². The van der Waals surface area contributed by atoms with Crippen molar-refractivity contribution in [2.24, 2.45) is 47.3 Å². The molecule has 12 rings (SSSR count). The molecule has 12 nitrogen and oxygen atoms in total. The molecule has 4 N–H and O–H groups in total. The van der Waals surface area contributed by atoms with Crippen LogP contribution in [0.5, 0.6) is 0 Å².